The van der Waals surface area contributed by atoms with E-state index in [9.17, 15) is 14.4 Å². The van der Waals surface area contributed by atoms with Gasteiger partial charge in [-0.3, -0.25) is 4.79 Å². The van der Waals surface area contributed by atoms with Crippen LogP contribution in [0.25, 0.3) is 10.2 Å². The van der Waals surface area contributed by atoms with Crippen molar-refractivity contribution in [1.82, 2.24) is 15.0 Å². The highest BCUT2D eigenvalue weighted by atomic mass is 32.1. The molecule has 0 fully saturated rings. The zero-order chi connectivity index (χ0) is 19.9. The lowest BCUT2D eigenvalue weighted by molar-refractivity contribution is 0.0455. The monoisotopic (exact) mass is 389 g/mol. The van der Waals surface area contributed by atoms with Crippen molar-refractivity contribution in [2.45, 2.75) is 34.3 Å². The summed E-state index contributed by atoms with van der Waals surface area (Å²) in [4.78, 5) is 48.0. The van der Waals surface area contributed by atoms with Crippen LogP contribution in [0.4, 0.5) is 0 Å². The molecule has 3 aromatic rings. The van der Waals surface area contributed by atoms with Gasteiger partial charge in [0.25, 0.3) is 5.56 Å². The molecule has 9 heteroatoms. The first-order valence-corrected chi connectivity index (χ1v) is 8.99. The maximum absolute atomic E-state index is 12.4. The number of nitrogens with zero attached hydrogens (tertiary/aromatic N) is 1. The Labute approximate surface area is 158 Å². The maximum atomic E-state index is 12.4. The van der Waals surface area contributed by atoms with E-state index in [0.717, 1.165) is 10.4 Å². The van der Waals surface area contributed by atoms with E-state index in [1.165, 1.54) is 18.4 Å². The number of rotatable bonds is 4. The second-order valence-electron chi connectivity index (χ2n) is 6.17. The molecule has 8 nitrogen and oxygen atoms in total. The minimum absolute atomic E-state index is 0.166. The van der Waals surface area contributed by atoms with E-state index in [1.807, 2.05) is 13.8 Å². The summed E-state index contributed by atoms with van der Waals surface area (Å²) in [5.74, 6) is -0.913. The summed E-state index contributed by atoms with van der Waals surface area (Å²) < 4.78 is 9.99. The number of H-pyrrole nitrogens is 2. The molecule has 0 aliphatic heterocycles. The summed E-state index contributed by atoms with van der Waals surface area (Å²) in [7, 11) is 1.28. The molecule has 0 spiro atoms. The summed E-state index contributed by atoms with van der Waals surface area (Å²) >= 11 is 1.42. The SMILES string of the molecule is COC(=O)c1c(C)[nH]c(C(=O)OCc2nc3sc(C)c(C)c3c(=O)[nH]2)c1C. The molecular formula is C18H19N3O5S. The van der Waals surface area contributed by atoms with Crippen LogP contribution in [0.1, 0.15) is 48.4 Å². The van der Waals surface area contributed by atoms with Crippen LogP contribution in [0.5, 0.6) is 0 Å². The number of hydrogen-bond donors (Lipinski definition) is 2. The molecule has 3 aromatic heterocycles. The van der Waals surface area contributed by atoms with Crippen molar-refractivity contribution < 1.29 is 19.1 Å². The lowest BCUT2D eigenvalue weighted by atomic mass is 10.1. The predicted molar refractivity (Wildman–Crippen MR) is 100 cm³/mol. The van der Waals surface area contributed by atoms with E-state index < -0.39 is 11.9 Å². The number of aromatic amines is 2. The Morgan fingerprint density at radius 1 is 1.07 bits per heavy atom. The van der Waals surface area contributed by atoms with Crippen molar-refractivity contribution in [2.75, 3.05) is 7.11 Å². The number of esters is 2. The molecule has 2 N–H and O–H groups in total. The molecular weight excluding hydrogens is 370 g/mol. The summed E-state index contributed by atoms with van der Waals surface area (Å²) in [6, 6.07) is 0. The third-order valence-electron chi connectivity index (χ3n) is 4.46. The minimum Gasteiger partial charge on any atom is -0.465 e. The Balaban J connectivity index is 1.83. The largest absolute Gasteiger partial charge is 0.465 e. The molecule has 27 heavy (non-hydrogen) atoms. The van der Waals surface area contributed by atoms with Crippen LogP contribution < -0.4 is 5.56 Å². The van der Waals surface area contributed by atoms with E-state index in [1.54, 1.807) is 13.8 Å². The molecule has 0 radical (unpaired) electrons. The summed E-state index contributed by atoms with van der Waals surface area (Å²) in [5, 5.41) is 0.561. The van der Waals surface area contributed by atoms with Gasteiger partial charge in [0.05, 0.1) is 18.1 Å². The van der Waals surface area contributed by atoms with Crippen LogP contribution in [-0.2, 0) is 16.1 Å². The van der Waals surface area contributed by atoms with Crippen LogP contribution in [0, 0.1) is 27.7 Å². The lowest BCUT2D eigenvalue weighted by Crippen LogP contribution is -2.15. The molecule has 0 aromatic carbocycles. The molecule has 0 saturated carbocycles. The molecule has 0 amide bonds. The number of carbonyl (C=O) groups is 2. The van der Waals surface area contributed by atoms with Gasteiger partial charge in [-0.05, 0) is 38.8 Å². The molecule has 3 rings (SSSR count). The Hall–Kier alpha value is -2.94. The summed E-state index contributed by atoms with van der Waals surface area (Å²) in [6.45, 7) is 6.92. The molecule has 0 aliphatic rings. The van der Waals surface area contributed by atoms with E-state index >= 15 is 0 Å². The smallest absolute Gasteiger partial charge is 0.355 e. The van der Waals surface area contributed by atoms with Crippen LogP contribution in [0.3, 0.4) is 0 Å². The first-order valence-electron chi connectivity index (χ1n) is 8.18. The van der Waals surface area contributed by atoms with Crippen molar-refractivity contribution in [3.05, 3.63) is 49.1 Å². The van der Waals surface area contributed by atoms with Gasteiger partial charge in [-0.2, -0.15) is 0 Å². The average Bonchev–Trinajstić information content (AvgIpc) is 3.08. The first-order chi connectivity index (χ1) is 12.7. The van der Waals surface area contributed by atoms with Gasteiger partial charge < -0.3 is 19.4 Å². The molecule has 0 unspecified atom stereocenters. The van der Waals surface area contributed by atoms with Crippen LogP contribution in [0.2, 0.25) is 0 Å². The highest BCUT2D eigenvalue weighted by Crippen LogP contribution is 2.26. The number of aromatic nitrogens is 3. The van der Waals surface area contributed by atoms with Gasteiger partial charge in [0.1, 0.15) is 23.0 Å². The first kappa shape index (κ1) is 18.8. The van der Waals surface area contributed by atoms with Gasteiger partial charge >= 0.3 is 11.9 Å². The third-order valence-corrected chi connectivity index (χ3v) is 5.56. The topological polar surface area (TPSA) is 114 Å². The zero-order valence-corrected chi connectivity index (χ0v) is 16.4. The fraction of sp³-hybridized carbons (Fsp3) is 0.333. The number of nitrogens with one attached hydrogen (secondary N) is 2. The highest BCUT2D eigenvalue weighted by Gasteiger charge is 2.23. The number of fused-ring (bicyclic) bond motifs is 1. The number of thiophene rings is 1. The van der Waals surface area contributed by atoms with Gasteiger partial charge in [-0.25, -0.2) is 14.6 Å². The number of carbonyl (C=O) groups excluding carboxylic acids is 2. The van der Waals surface area contributed by atoms with Crippen molar-refractivity contribution in [3.8, 4) is 0 Å². The maximum Gasteiger partial charge on any atom is 0.355 e. The van der Waals surface area contributed by atoms with E-state index in [2.05, 4.69) is 15.0 Å². The fourth-order valence-corrected chi connectivity index (χ4v) is 3.98. The molecule has 0 bridgehead atoms. The zero-order valence-electron chi connectivity index (χ0n) is 15.6. The van der Waals surface area contributed by atoms with E-state index in [0.29, 0.717) is 27.0 Å². The Morgan fingerprint density at radius 3 is 2.44 bits per heavy atom. The predicted octanol–water partition coefficient (Wildman–Crippen LogP) is 2.69. The number of hydrogen-bond acceptors (Lipinski definition) is 7. The van der Waals surface area contributed by atoms with Crippen molar-refractivity contribution >= 4 is 33.5 Å². The molecule has 142 valence electrons. The third kappa shape index (κ3) is 3.25. The number of methoxy groups -OCH3 is 1. The lowest BCUT2D eigenvalue weighted by Gasteiger charge is -2.05. The Kier molecular flexibility index (Phi) is 4.88. The van der Waals surface area contributed by atoms with Gasteiger partial charge in [0.2, 0.25) is 0 Å². The molecule has 3 heterocycles. The highest BCUT2D eigenvalue weighted by molar-refractivity contribution is 7.18. The Morgan fingerprint density at radius 2 is 1.78 bits per heavy atom. The van der Waals surface area contributed by atoms with E-state index in [4.69, 9.17) is 9.47 Å². The van der Waals surface area contributed by atoms with E-state index in [-0.39, 0.29) is 23.7 Å². The normalized spacial score (nSPS) is 11.0. The standard InChI is InChI=1S/C18H19N3O5S/c1-7-10(4)27-16-13(7)15(22)20-11(21-16)6-26-18(24)14-8(2)12(9(3)19-14)17(23)25-5/h19H,6H2,1-5H3,(H,20,21,22). The molecule has 0 aliphatic carbocycles. The molecule has 0 atom stereocenters. The van der Waals surface area contributed by atoms with Gasteiger partial charge in [0.15, 0.2) is 0 Å². The average molecular weight is 389 g/mol. The van der Waals surface area contributed by atoms with Crippen LogP contribution >= 0.6 is 11.3 Å². The summed E-state index contributed by atoms with van der Waals surface area (Å²) in [5.41, 5.74) is 2.09. The number of ether oxygens (including phenoxy) is 2. The second kappa shape index (κ2) is 6.99. The fourth-order valence-electron chi connectivity index (χ4n) is 2.94. The van der Waals surface area contributed by atoms with Crippen LogP contribution in [0.15, 0.2) is 4.79 Å². The van der Waals surface area contributed by atoms with Gasteiger partial charge in [0, 0.05) is 10.6 Å². The molecule has 0 saturated heterocycles. The van der Waals surface area contributed by atoms with Crippen molar-refractivity contribution in [2.24, 2.45) is 0 Å². The van der Waals surface area contributed by atoms with Crippen molar-refractivity contribution in [3.63, 3.8) is 0 Å². The van der Waals surface area contributed by atoms with Gasteiger partial charge in [-0.15, -0.1) is 11.3 Å². The summed E-state index contributed by atoms with van der Waals surface area (Å²) in [6.07, 6.45) is 0. The number of aryl methyl sites for hydroxylation is 3. The quantitative estimate of drug-likeness (QED) is 0.663. The van der Waals surface area contributed by atoms with Crippen LogP contribution in [-0.4, -0.2) is 34.0 Å². The minimum atomic E-state index is -0.646. The second-order valence-corrected chi connectivity index (χ2v) is 7.37. The Bertz CT molecular complexity index is 1120. The van der Waals surface area contributed by atoms with Crippen molar-refractivity contribution in [1.29, 1.82) is 0 Å². The van der Waals surface area contributed by atoms with Gasteiger partial charge in [-0.1, -0.05) is 0 Å².